The molecule has 7 heteroatoms. The molecule has 3 heterocycles. The van der Waals surface area contributed by atoms with Crippen LogP contribution in [0.15, 0.2) is 54.7 Å². The van der Waals surface area contributed by atoms with Crippen LogP contribution in [0, 0.1) is 0 Å². The van der Waals surface area contributed by atoms with E-state index in [0.29, 0.717) is 49.3 Å². The molecule has 27 heavy (non-hydrogen) atoms. The molecule has 0 spiro atoms. The molecule has 136 valence electrons. The number of nitrogens with zero attached hydrogens (tertiary/aromatic N) is 4. The van der Waals surface area contributed by atoms with Crippen molar-refractivity contribution in [1.29, 1.82) is 0 Å². The van der Waals surface area contributed by atoms with Crippen LogP contribution in [-0.2, 0) is 4.74 Å². The highest BCUT2D eigenvalue weighted by molar-refractivity contribution is 6.00. The van der Waals surface area contributed by atoms with Crippen molar-refractivity contribution in [3.8, 4) is 22.8 Å². The maximum Gasteiger partial charge on any atom is 0.341 e. The van der Waals surface area contributed by atoms with Crippen LogP contribution in [0.2, 0.25) is 0 Å². The molecule has 0 saturated carbocycles. The summed E-state index contributed by atoms with van der Waals surface area (Å²) < 4.78 is 5.41. The lowest BCUT2D eigenvalue weighted by Crippen LogP contribution is -2.38. The van der Waals surface area contributed by atoms with E-state index in [2.05, 4.69) is 15.0 Å². The van der Waals surface area contributed by atoms with Crippen LogP contribution in [0.3, 0.4) is 0 Å². The van der Waals surface area contributed by atoms with Gasteiger partial charge in [-0.25, -0.2) is 14.8 Å². The normalized spacial score (nSPS) is 14.1. The number of rotatable bonds is 4. The quantitative estimate of drug-likeness (QED) is 0.763. The minimum absolute atomic E-state index is 0.0998. The van der Waals surface area contributed by atoms with Crippen molar-refractivity contribution in [3.63, 3.8) is 0 Å². The van der Waals surface area contributed by atoms with Crippen LogP contribution in [-0.4, -0.2) is 52.3 Å². The molecule has 0 radical (unpaired) electrons. The van der Waals surface area contributed by atoms with Gasteiger partial charge in [0.25, 0.3) is 0 Å². The summed E-state index contributed by atoms with van der Waals surface area (Å²) in [5.74, 6) is -0.246. The van der Waals surface area contributed by atoms with Crippen LogP contribution in [0.4, 0.5) is 5.82 Å². The van der Waals surface area contributed by atoms with Crippen LogP contribution >= 0.6 is 0 Å². The Labute approximate surface area is 156 Å². The Morgan fingerprint density at radius 3 is 2.41 bits per heavy atom. The molecule has 1 saturated heterocycles. The first-order valence-corrected chi connectivity index (χ1v) is 8.69. The minimum atomic E-state index is -1.05. The van der Waals surface area contributed by atoms with E-state index in [1.54, 1.807) is 6.20 Å². The molecule has 3 aromatic rings. The third-order valence-corrected chi connectivity index (χ3v) is 4.36. The first kappa shape index (κ1) is 17.1. The van der Waals surface area contributed by atoms with Gasteiger partial charge in [0, 0.05) is 24.8 Å². The highest BCUT2D eigenvalue weighted by Gasteiger charge is 2.27. The third kappa shape index (κ3) is 3.50. The van der Waals surface area contributed by atoms with Gasteiger partial charge in [-0.2, -0.15) is 0 Å². The molecule has 1 aliphatic rings. The summed E-state index contributed by atoms with van der Waals surface area (Å²) in [5, 5.41) is 9.95. The second kappa shape index (κ2) is 7.51. The predicted octanol–water partition coefficient (Wildman–Crippen LogP) is 2.74. The van der Waals surface area contributed by atoms with E-state index >= 15 is 0 Å². The fourth-order valence-electron chi connectivity index (χ4n) is 3.06. The summed E-state index contributed by atoms with van der Waals surface area (Å²) in [4.78, 5) is 27.6. The number of carboxylic acids is 1. The number of morpholine rings is 1. The van der Waals surface area contributed by atoms with E-state index in [4.69, 9.17) is 4.74 Å². The molecule has 0 unspecified atom stereocenters. The molecule has 7 nitrogen and oxygen atoms in total. The average molecular weight is 362 g/mol. The Kier molecular flexibility index (Phi) is 4.76. The standard InChI is InChI=1S/C20H18N4O3/c25-20(26)16-17(14-6-2-1-3-7-14)22-18(15-8-4-5-9-21-15)23-19(16)24-10-12-27-13-11-24/h1-9H,10-13H2,(H,25,26). The van der Waals surface area contributed by atoms with Crippen LogP contribution in [0.1, 0.15) is 10.4 Å². The van der Waals surface area contributed by atoms with E-state index in [0.717, 1.165) is 5.56 Å². The van der Waals surface area contributed by atoms with Crippen LogP contribution in [0.5, 0.6) is 0 Å². The van der Waals surface area contributed by atoms with Gasteiger partial charge in [-0.15, -0.1) is 0 Å². The van der Waals surface area contributed by atoms with Crippen molar-refractivity contribution < 1.29 is 14.6 Å². The van der Waals surface area contributed by atoms with E-state index in [1.807, 2.05) is 53.4 Å². The zero-order chi connectivity index (χ0) is 18.6. The molecule has 0 bridgehead atoms. The van der Waals surface area contributed by atoms with Crippen molar-refractivity contribution in [2.24, 2.45) is 0 Å². The highest BCUT2D eigenvalue weighted by Crippen LogP contribution is 2.31. The number of anilines is 1. The first-order valence-electron chi connectivity index (χ1n) is 8.69. The van der Waals surface area contributed by atoms with Gasteiger partial charge in [-0.05, 0) is 12.1 Å². The fourth-order valence-corrected chi connectivity index (χ4v) is 3.06. The summed E-state index contributed by atoms with van der Waals surface area (Å²) in [7, 11) is 0. The number of aromatic carboxylic acids is 1. The lowest BCUT2D eigenvalue weighted by Gasteiger charge is -2.29. The SMILES string of the molecule is O=C(O)c1c(-c2ccccc2)nc(-c2ccccn2)nc1N1CCOCC1. The van der Waals surface area contributed by atoms with Crippen molar-refractivity contribution in [2.45, 2.75) is 0 Å². The number of hydrogen-bond donors (Lipinski definition) is 1. The van der Waals surface area contributed by atoms with Gasteiger partial charge < -0.3 is 14.7 Å². The summed E-state index contributed by atoms with van der Waals surface area (Å²) in [5.41, 5.74) is 1.81. The van der Waals surface area contributed by atoms with Crippen molar-refractivity contribution in [1.82, 2.24) is 15.0 Å². The van der Waals surface area contributed by atoms with Gasteiger partial charge in [-0.3, -0.25) is 4.98 Å². The third-order valence-electron chi connectivity index (χ3n) is 4.36. The number of carbonyl (C=O) groups is 1. The Balaban J connectivity index is 1.96. The van der Waals surface area contributed by atoms with E-state index in [-0.39, 0.29) is 5.56 Å². The van der Waals surface area contributed by atoms with Gasteiger partial charge in [0.15, 0.2) is 5.82 Å². The molecule has 0 amide bonds. The highest BCUT2D eigenvalue weighted by atomic mass is 16.5. The molecule has 2 aromatic heterocycles. The second-order valence-electron chi connectivity index (χ2n) is 6.08. The van der Waals surface area contributed by atoms with Crippen molar-refractivity contribution in [2.75, 3.05) is 31.2 Å². The van der Waals surface area contributed by atoms with Gasteiger partial charge in [0.2, 0.25) is 0 Å². The van der Waals surface area contributed by atoms with Crippen molar-refractivity contribution >= 4 is 11.8 Å². The number of carboxylic acid groups (broad SMARTS) is 1. The second-order valence-corrected chi connectivity index (χ2v) is 6.08. The maximum absolute atomic E-state index is 12.2. The van der Waals surface area contributed by atoms with Gasteiger partial charge in [0.1, 0.15) is 17.1 Å². The maximum atomic E-state index is 12.2. The Morgan fingerprint density at radius 1 is 1.00 bits per heavy atom. The molecule has 1 aromatic carbocycles. The molecule has 4 rings (SSSR count). The monoisotopic (exact) mass is 362 g/mol. The number of aromatic nitrogens is 3. The number of pyridine rings is 1. The fraction of sp³-hybridized carbons (Fsp3) is 0.200. The minimum Gasteiger partial charge on any atom is -0.477 e. The summed E-state index contributed by atoms with van der Waals surface area (Å²) in [6.45, 7) is 2.21. The topological polar surface area (TPSA) is 88.4 Å². The Morgan fingerprint density at radius 2 is 1.74 bits per heavy atom. The van der Waals surface area contributed by atoms with Crippen molar-refractivity contribution in [3.05, 3.63) is 60.3 Å². The van der Waals surface area contributed by atoms with Crippen LogP contribution < -0.4 is 4.90 Å². The molecule has 1 fully saturated rings. The molecule has 1 aliphatic heterocycles. The van der Waals surface area contributed by atoms with Gasteiger partial charge >= 0.3 is 5.97 Å². The number of benzene rings is 1. The molecule has 1 N–H and O–H groups in total. The van der Waals surface area contributed by atoms with Gasteiger partial charge in [-0.1, -0.05) is 36.4 Å². The summed E-state index contributed by atoms with van der Waals surface area (Å²) >= 11 is 0. The number of hydrogen-bond acceptors (Lipinski definition) is 6. The van der Waals surface area contributed by atoms with E-state index < -0.39 is 5.97 Å². The summed E-state index contributed by atoms with van der Waals surface area (Å²) in [6, 6.07) is 14.8. The molecule has 0 atom stereocenters. The Hall–Kier alpha value is -3.32. The molecule has 0 aliphatic carbocycles. The zero-order valence-corrected chi connectivity index (χ0v) is 14.6. The largest absolute Gasteiger partial charge is 0.477 e. The lowest BCUT2D eigenvalue weighted by molar-refractivity contribution is 0.0696. The smallest absolute Gasteiger partial charge is 0.341 e. The average Bonchev–Trinajstić information content (AvgIpc) is 2.74. The van der Waals surface area contributed by atoms with E-state index in [9.17, 15) is 9.90 Å². The van der Waals surface area contributed by atoms with E-state index in [1.165, 1.54) is 0 Å². The van der Waals surface area contributed by atoms with Crippen LogP contribution in [0.25, 0.3) is 22.8 Å². The predicted molar refractivity (Wildman–Crippen MR) is 101 cm³/mol. The zero-order valence-electron chi connectivity index (χ0n) is 14.6. The lowest BCUT2D eigenvalue weighted by atomic mass is 10.1. The molecular formula is C20H18N4O3. The molecular weight excluding hydrogens is 344 g/mol. The first-order chi connectivity index (χ1) is 13.2. The van der Waals surface area contributed by atoms with Gasteiger partial charge in [0.05, 0.1) is 18.9 Å². The Bertz CT molecular complexity index is 942. The summed E-state index contributed by atoms with van der Waals surface area (Å²) in [6.07, 6.45) is 1.67. The number of ether oxygens (including phenoxy) is 1.